The minimum absolute atomic E-state index is 0.119. The number of hydrogen-bond acceptors (Lipinski definition) is 10. The van der Waals surface area contributed by atoms with Gasteiger partial charge in [-0.1, -0.05) is 182 Å². The van der Waals surface area contributed by atoms with Crippen molar-refractivity contribution >= 4 is 25.7 Å². The average molecular weight is 1030 g/mol. The summed E-state index contributed by atoms with van der Waals surface area (Å²) in [4.78, 5) is 48.4. The van der Waals surface area contributed by atoms with E-state index in [0.29, 0.717) is 19.3 Å². The lowest BCUT2D eigenvalue weighted by molar-refractivity contribution is -0.161. The first kappa shape index (κ1) is 68.1. The molecule has 0 bridgehead atoms. The van der Waals surface area contributed by atoms with E-state index in [4.69, 9.17) is 23.3 Å². The van der Waals surface area contributed by atoms with E-state index < -0.39 is 57.8 Å². The van der Waals surface area contributed by atoms with Crippen LogP contribution in [0, 0.1) is 0 Å². The molecule has 0 aliphatic rings. The highest BCUT2D eigenvalue weighted by atomic mass is 31.2. The molecule has 0 spiro atoms. The van der Waals surface area contributed by atoms with Crippen LogP contribution < -0.4 is 0 Å². The van der Waals surface area contributed by atoms with Gasteiger partial charge in [-0.25, -0.2) is 4.57 Å². The molecule has 410 valence electrons. The summed E-state index contributed by atoms with van der Waals surface area (Å²) in [7, 11) is -4.77. The van der Waals surface area contributed by atoms with Gasteiger partial charge in [0, 0.05) is 19.3 Å². The van der Waals surface area contributed by atoms with Crippen molar-refractivity contribution in [3.63, 3.8) is 0 Å². The summed E-state index contributed by atoms with van der Waals surface area (Å²) in [5.74, 6) is -1.56. The summed E-state index contributed by atoms with van der Waals surface area (Å²) in [6.45, 7) is 4.30. The van der Waals surface area contributed by atoms with Crippen molar-refractivity contribution in [2.45, 2.75) is 226 Å². The number of ether oxygens (including phenoxy) is 3. The van der Waals surface area contributed by atoms with Crippen LogP contribution in [0.4, 0.5) is 0 Å². The zero-order valence-electron chi connectivity index (χ0n) is 45.1. The van der Waals surface area contributed by atoms with E-state index in [2.05, 4.69) is 130 Å². The molecular weight excluding hydrogens is 928 g/mol. The summed E-state index contributed by atoms with van der Waals surface area (Å²) in [6, 6.07) is 0. The first-order valence-corrected chi connectivity index (χ1v) is 29.3. The molecule has 0 saturated carbocycles. The van der Waals surface area contributed by atoms with Crippen LogP contribution in [0.2, 0.25) is 0 Å². The fraction of sp³-hybridized carbons (Fsp3) is 0.650. The molecule has 12 heteroatoms. The number of carbonyl (C=O) groups is 3. The maximum absolute atomic E-state index is 12.9. The largest absolute Gasteiger partial charge is 0.472 e. The fourth-order valence-electron chi connectivity index (χ4n) is 6.98. The SMILES string of the molecule is CC/C=C\C/C=C\C/C=C\C/C=C\C/C=C\CCCCCC(=O)OCC(COP(=O)(O)OCC(CO)OC(=O)CCCCCCC/C=C\CCCCCC)OC(=O)CCCCC/C=C\C/C=C\C/C=C\CC. The van der Waals surface area contributed by atoms with Crippen LogP contribution in [0.5, 0.6) is 0 Å². The van der Waals surface area contributed by atoms with Gasteiger partial charge in [-0.05, 0) is 122 Å². The highest BCUT2D eigenvalue weighted by Crippen LogP contribution is 2.43. The Labute approximate surface area is 437 Å². The Hall–Kier alpha value is -3.86. The number of rotatable bonds is 50. The summed E-state index contributed by atoms with van der Waals surface area (Å²) >= 11 is 0. The molecule has 0 aliphatic carbocycles. The molecule has 2 N–H and O–H groups in total. The Kier molecular flexibility index (Phi) is 50.6. The molecule has 0 aromatic carbocycles. The van der Waals surface area contributed by atoms with E-state index in [1.54, 1.807) is 0 Å². The molecule has 3 atom stereocenters. The van der Waals surface area contributed by atoms with Crippen molar-refractivity contribution < 1.29 is 52.2 Å². The Balaban J connectivity index is 4.82. The van der Waals surface area contributed by atoms with Gasteiger partial charge in [0.2, 0.25) is 0 Å². The summed E-state index contributed by atoms with van der Waals surface area (Å²) in [6.07, 6.45) is 63.4. The number of aliphatic hydroxyl groups excluding tert-OH is 1. The first-order chi connectivity index (χ1) is 35.2. The number of esters is 3. The second kappa shape index (κ2) is 53.4. The number of phosphoric ester groups is 1. The van der Waals surface area contributed by atoms with Gasteiger partial charge in [-0.15, -0.1) is 0 Å². The lowest BCUT2D eigenvalue weighted by Gasteiger charge is -2.21. The van der Waals surface area contributed by atoms with E-state index >= 15 is 0 Å². The number of aliphatic hydroxyl groups is 1. The predicted molar refractivity (Wildman–Crippen MR) is 297 cm³/mol. The maximum atomic E-state index is 12.9. The lowest BCUT2D eigenvalue weighted by Crippen LogP contribution is -2.30. The third-order valence-corrected chi connectivity index (χ3v) is 12.1. The monoisotopic (exact) mass is 1030 g/mol. The number of allylic oxidation sites excluding steroid dienone is 18. The maximum Gasteiger partial charge on any atom is 0.472 e. The minimum Gasteiger partial charge on any atom is -0.462 e. The van der Waals surface area contributed by atoms with Gasteiger partial charge in [-0.3, -0.25) is 23.4 Å². The quantitative estimate of drug-likeness (QED) is 0.0197. The molecule has 3 unspecified atom stereocenters. The van der Waals surface area contributed by atoms with Crippen molar-refractivity contribution in [1.82, 2.24) is 0 Å². The number of hydrogen-bond donors (Lipinski definition) is 2. The second-order valence-electron chi connectivity index (χ2n) is 18.0. The molecule has 0 fully saturated rings. The number of carbonyl (C=O) groups excluding carboxylic acids is 3. The van der Waals surface area contributed by atoms with E-state index in [-0.39, 0.29) is 25.9 Å². The smallest absolute Gasteiger partial charge is 0.462 e. The van der Waals surface area contributed by atoms with Crippen LogP contribution in [-0.2, 0) is 42.2 Å². The van der Waals surface area contributed by atoms with Gasteiger partial charge in [-0.2, -0.15) is 0 Å². The van der Waals surface area contributed by atoms with E-state index in [1.807, 2.05) is 0 Å². The van der Waals surface area contributed by atoms with Gasteiger partial charge in [0.1, 0.15) is 12.7 Å². The molecule has 0 amide bonds. The Morgan fingerprint density at radius 3 is 1.14 bits per heavy atom. The normalized spacial score (nSPS) is 14.2. The lowest BCUT2D eigenvalue weighted by atomic mass is 10.1. The third kappa shape index (κ3) is 51.1. The Morgan fingerprint density at radius 1 is 0.403 bits per heavy atom. The van der Waals surface area contributed by atoms with Crippen LogP contribution >= 0.6 is 7.82 Å². The molecule has 0 radical (unpaired) electrons. The second-order valence-corrected chi connectivity index (χ2v) is 19.4. The molecular formula is C60H99O11P. The highest BCUT2D eigenvalue weighted by Gasteiger charge is 2.28. The molecule has 0 aromatic heterocycles. The molecule has 0 saturated heterocycles. The molecule has 11 nitrogen and oxygen atoms in total. The van der Waals surface area contributed by atoms with E-state index in [0.717, 1.165) is 128 Å². The minimum atomic E-state index is -4.77. The number of phosphoric acid groups is 1. The summed E-state index contributed by atoms with van der Waals surface area (Å²) in [5, 5.41) is 9.79. The van der Waals surface area contributed by atoms with E-state index in [1.165, 1.54) is 25.7 Å². The van der Waals surface area contributed by atoms with E-state index in [9.17, 15) is 28.9 Å². The van der Waals surface area contributed by atoms with Gasteiger partial charge >= 0.3 is 25.7 Å². The zero-order chi connectivity index (χ0) is 52.7. The fourth-order valence-corrected chi connectivity index (χ4v) is 7.76. The van der Waals surface area contributed by atoms with Crippen molar-refractivity contribution in [1.29, 1.82) is 0 Å². The van der Waals surface area contributed by atoms with Crippen LogP contribution in [-0.4, -0.2) is 66.5 Å². The molecule has 0 heterocycles. The first-order valence-electron chi connectivity index (χ1n) is 27.8. The zero-order valence-corrected chi connectivity index (χ0v) is 46.0. The molecule has 0 rings (SSSR count). The molecule has 0 aliphatic heterocycles. The average Bonchev–Trinajstić information content (AvgIpc) is 3.37. The van der Waals surface area contributed by atoms with Crippen molar-refractivity contribution in [3.05, 3.63) is 109 Å². The molecule has 72 heavy (non-hydrogen) atoms. The Bertz CT molecular complexity index is 1620. The van der Waals surface area contributed by atoms with Gasteiger partial charge in [0.05, 0.1) is 19.8 Å². The van der Waals surface area contributed by atoms with Crippen molar-refractivity contribution in [3.8, 4) is 0 Å². The molecule has 0 aromatic rings. The van der Waals surface area contributed by atoms with Gasteiger partial charge < -0.3 is 24.2 Å². The van der Waals surface area contributed by atoms with Crippen molar-refractivity contribution in [2.75, 3.05) is 26.4 Å². The van der Waals surface area contributed by atoms with Crippen molar-refractivity contribution in [2.24, 2.45) is 0 Å². The predicted octanol–water partition coefficient (Wildman–Crippen LogP) is 16.2. The summed E-state index contributed by atoms with van der Waals surface area (Å²) in [5.41, 5.74) is 0. The van der Waals surface area contributed by atoms with Crippen LogP contribution in [0.25, 0.3) is 0 Å². The third-order valence-electron chi connectivity index (χ3n) is 11.2. The number of unbranched alkanes of at least 4 members (excludes halogenated alkanes) is 15. The highest BCUT2D eigenvalue weighted by molar-refractivity contribution is 7.47. The standard InChI is InChI=1S/C60H99O11P/c1-4-7-10-13-16-19-22-25-26-27-28-29-30-33-34-37-40-43-46-49-58(62)67-53-57(71-60(64)51-48-45-42-39-36-32-24-21-18-15-12-9-6-3)55-69-72(65,66)68-54-56(52-61)70-59(63)50-47-44-41-38-35-31-23-20-17-14-11-8-5-2/h7,9-10,12,16,18-21,23,25-26,28-29,32-34,36,56-57,61H,4-6,8,11,13-15,17,22,24,27,30-31,35,37-55H2,1-3H3,(H,65,66)/b10-7-,12-9-,19-16-,21-18-,23-20-,26-25-,29-28-,34-33-,36-32-. The Morgan fingerprint density at radius 2 is 0.722 bits per heavy atom. The van der Waals surface area contributed by atoms with Crippen LogP contribution in [0.1, 0.15) is 213 Å². The topological polar surface area (TPSA) is 155 Å². The summed E-state index contributed by atoms with van der Waals surface area (Å²) < 4.78 is 39.4. The van der Waals surface area contributed by atoms with Gasteiger partial charge in [0.25, 0.3) is 0 Å². The van der Waals surface area contributed by atoms with Gasteiger partial charge in [0.15, 0.2) is 6.10 Å². The van der Waals surface area contributed by atoms with Crippen LogP contribution in [0.3, 0.4) is 0 Å². The van der Waals surface area contributed by atoms with Crippen LogP contribution in [0.15, 0.2) is 109 Å².